The maximum absolute atomic E-state index is 12.5. The van der Waals surface area contributed by atoms with Crippen LogP contribution in [0.3, 0.4) is 0 Å². The Balaban J connectivity index is 2.14. The van der Waals surface area contributed by atoms with Gasteiger partial charge in [0.15, 0.2) is 0 Å². The molecule has 2 atom stereocenters. The van der Waals surface area contributed by atoms with Crippen LogP contribution >= 0.6 is 0 Å². The molecular formula is C14H19F2N. The van der Waals surface area contributed by atoms with Crippen molar-refractivity contribution in [3.63, 3.8) is 0 Å². The highest BCUT2D eigenvalue weighted by molar-refractivity contribution is 5.34. The lowest BCUT2D eigenvalue weighted by Crippen LogP contribution is -2.12. The number of nitrogens with one attached hydrogen (secondary N) is 1. The number of benzene rings is 1. The van der Waals surface area contributed by atoms with Crippen molar-refractivity contribution in [3.8, 4) is 0 Å². The molecule has 1 aliphatic carbocycles. The predicted octanol–water partition coefficient (Wildman–Crippen LogP) is 3.58. The van der Waals surface area contributed by atoms with Gasteiger partial charge in [0.05, 0.1) is 0 Å². The molecule has 1 aliphatic rings. The zero-order chi connectivity index (χ0) is 12.6. The zero-order valence-corrected chi connectivity index (χ0v) is 10.5. The molecule has 1 aromatic rings. The van der Waals surface area contributed by atoms with Crippen LogP contribution in [0, 0.1) is 11.3 Å². The molecule has 1 nitrogen and oxygen atoms in total. The van der Waals surface area contributed by atoms with Gasteiger partial charge in [-0.05, 0) is 36.4 Å². The van der Waals surface area contributed by atoms with Gasteiger partial charge in [0.1, 0.15) is 0 Å². The predicted molar refractivity (Wildman–Crippen MR) is 65.3 cm³/mol. The number of halogens is 2. The summed E-state index contributed by atoms with van der Waals surface area (Å²) >= 11 is 0. The Hall–Kier alpha value is -0.960. The standard InChI is InChI=1S/C14H19F2N/c1-14(2)11(8-17-3)12(14)9-4-6-10(7-5-9)13(15)16/h4-7,11-13,17H,8H2,1-3H3. The smallest absolute Gasteiger partial charge is 0.263 e. The van der Waals surface area contributed by atoms with Gasteiger partial charge in [-0.15, -0.1) is 0 Å². The lowest BCUT2D eigenvalue weighted by molar-refractivity contribution is 0.151. The highest BCUT2D eigenvalue weighted by Crippen LogP contribution is 2.63. The van der Waals surface area contributed by atoms with Crippen LogP contribution in [0.4, 0.5) is 8.78 Å². The minimum Gasteiger partial charge on any atom is -0.319 e. The fraction of sp³-hybridized carbons (Fsp3) is 0.571. The molecule has 0 amide bonds. The molecule has 94 valence electrons. The van der Waals surface area contributed by atoms with Crippen molar-refractivity contribution in [3.05, 3.63) is 35.4 Å². The SMILES string of the molecule is CNCC1C(c2ccc(C(F)F)cc2)C1(C)C. The Morgan fingerprint density at radius 1 is 1.24 bits per heavy atom. The molecule has 1 N–H and O–H groups in total. The van der Waals surface area contributed by atoms with Gasteiger partial charge in [-0.2, -0.15) is 0 Å². The summed E-state index contributed by atoms with van der Waals surface area (Å²) in [6.07, 6.45) is -2.37. The molecule has 1 aromatic carbocycles. The van der Waals surface area contributed by atoms with Gasteiger partial charge in [0.25, 0.3) is 6.43 Å². The third kappa shape index (κ3) is 2.21. The van der Waals surface area contributed by atoms with Crippen LogP contribution in [0.25, 0.3) is 0 Å². The molecule has 0 radical (unpaired) electrons. The van der Waals surface area contributed by atoms with E-state index in [2.05, 4.69) is 19.2 Å². The highest BCUT2D eigenvalue weighted by Gasteiger charge is 2.57. The zero-order valence-electron chi connectivity index (χ0n) is 10.5. The largest absolute Gasteiger partial charge is 0.319 e. The summed E-state index contributed by atoms with van der Waals surface area (Å²) in [7, 11) is 1.95. The minimum atomic E-state index is -2.37. The van der Waals surface area contributed by atoms with Crippen LogP contribution in [0.2, 0.25) is 0 Å². The topological polar surface area (TPSA) is 12.0 Å². The van der Waals surface area contributed by atoms with E-state index in [1.807, 2.05) is 19.2 Å². The minimum absolute atomic E-state index is 0.109. The first-order chi connectivity index (χ1) is 7.98. The van der Waals surface area contributed by atoms with Crippen molar-refractivity contribution in [2.75, 3.05) is 13.6 Å². The molecule has 1 saturated carbocycles. The molecule has 0 bridgehead atoms. The fourth-order valence-corrected chi connectivity index (χ4v) is 2.86. The van der Waals surface area contributed by atoms with Crippen molar-refractivity contribution in [2.45, 2.75) is 26.2 Å². The number of alkyl halides is 2. The maximum atomic E-state index is 12.5. The highest BCUT2D eigenvalue weighted by atomic mass is 19.3. The van der Waals surface area contributed by atoms with E-state index in [-0.39, 0.29) is 11.0 Å². The third-order valence-electron chi connectivity index (χ3n) is 4.02. The molecule has 2 unspecified atom stereocenters. The first-order valence-corrected chi connectivity index (χ1v) is 6.01. The van der Waals surface area contributed by atoms with Gasteiger partial charge < -0.3 is 5.32 Å². The molecule has 0 heterocycles. The van der Waals surface area contributed by atoms with Crippen molar-refractivity contribution < 1.29 is 8.78 Å². The fourth-order valence-electron chi connectivity index (χ4n) is 2.86. The van der Waals surface area contributed by atoms with Gasteiger partial charge in [-0.3, -0.25) is 0 Å². The Bertz CT molecular complexity index is 384. The summed E-state index contributed by atoms with van der Waals surface area (Å²) in [4.78, 5) is 0. The van der Waals surface area contributed by atoms with Crippen molar-refractivity contribution in [1.29, 1.82) is 0 Å². The van der Waals surface area contributed by atoms with E-state index < -0.39 is 6.43 Å². The van der Waals surface area contributed by atoms with Crippen LogP contribution in [0.15, 0.2) is 24.3 Å². The normalized spacial score (nSPS) is 26.2. The van der Waals surface area contributed by atoms with E-state index in [0.29, 0.717) is 11.8 Å². The van der Waals surface area contributed by atoms with E-state index in [4.69, 9.17) is 0 Å². The monoisotopic (exact) mass is 239 g/mol. The van der Waals surface area contributed by atoms with E-state index in [0.717, 1.165) is 6.54 Å². The Morgan fingerprint density at radius 3 is 2.29 bits per heavy atom. The van der Waals surface area contributed by atoms with Gasteiger partial charge in [0.2, 0.25) is 0 Å². The van der Waals surface area contributed by atoms with Crippen molar-refractivity contribution >= 4 is 0 Å². The quantitative estimate of drug-likeness (QED) is 0.846. The number of rotatable bonds is 4. The lowest BCUT2D eigenvalue weighted by atomic mass is 10.0. The van der Waals surface area contributed by atoms with Gasteiger partial charge >= 0.3 is 0 Å². The summed E-state index contributed by atoms with van der Waals surface area (Å²) < 4.78 is 24.9. The summed E-state index contributed by atoms with van der Waals surface area (Å²) in [5.74, 6) is 1.09. The average molecular weight is 239 g/mol. The van der Waals surface area contributed by atoms with E-state index in [1.165, 1.54) is 5.56 Å². The van der Waals surface area contributed by atoms with Gasteiger partial charge in [-0.25, -0.2) is 8.78 Å². The third-order valence-corrected chi connectivity index (χ3v) is 4.02. The van der Waals surface area contributed by atoms with E-state index in [1.54, 1.807) is 12.1 Å². The molecule has 17 heavy (non-hydrogen) atoms. The van der Waals surface area contributed by atoms with Crippen LogP contribution in [-0.2, 0) is 0 Å². The van der Waals surface area contributed by atoms with Crippen LogP contribution in [-0.4, -0.2) is 13.6 Å². The Morgan fingerprint density at radius 2 is 1.82 bits per heavy atom. The molecule has 0 spiro atoms. The van der Waals surface area contributed by atoms with Crippen LogP contribution in [0.1, 0.15) is 37.3 Å². The van der Waals surface area contributed by atoms with Crippen molar-refractivity contribution in [2.24, 2.45) is 11.3 Å². The molecular weight excluding hydrogens is 220 g/mol. The van der Waals surface area contributed by atoms with Crippen LogP contribution < -0.4 is 5.32 Å². The summed E-state index contributed by atoms with van der Waals surface area (Å²) in [6.45, 7) is 5.45. The van der Waals surface area contributed by atoms with Gasteiger partial charge in [-0.1, -0.05) is 38.1 Å². The second-order valence-electron chi connectivity index (χ2n) is 5.43. The Labute approximate surface area is 101 Å². The molecule has 0 aromatic heterocycles. The van der Waals surface area contributed by atoms with Crippen molar-refractivity contribution in [1.82, 2.24) is 5.32 Å². The first-order valence-electron chi connectivity index (χ1n) is 6.01. The van der Waals surface area contributed by atoms with E-state index in [9.17, 15) is 8.78 Å². The maximum Gasteiger partial charge on any atom is 0.263 e. The second-order valence-corrected chi connectivity index (χ2v) is 5.43. The molecule has 0 saturated heterocycles. The van der Waals surface area contributed by atoms with E-state index >= 15 is 0 Å². The number of hydrogen-bond donors (Lipinski definition) is 1. The van der Waals surface area contributed by atoms with Crippen LogP contribution in [0.5, 0.6) is 0 Å². The molecule has 1 fully saturated rings. The molecule has 0 aliphatic heterocycles. The lowest BCUT2D eigenvalue weighted by Gasteiger charge is -2.04. The number of hydrogen-bond acceptors (Lipinski definition) is 1. The summed E-state index contributed by atoms with van der Waals surface area (Å²) in [5, 5.41) is 3.19. The second kappa shape index (κ2) is 4.37. The first kappa shape index (κ1) is 12.5. The summed E-state index contributed by atoms with van der Waals surface area (Å²) in [5.41, 5.74) is 1.56. The molecule has 3 heteroatoms. The summed E-state index contributed by atoms with van der Waals surface area (Å²) in [6, 6.07) is 6.79. The Kier molecular flexibility index (Phi) is 3.21. The average Bonchev–Trinajstić information content (AvgIpc) is 2.81. The molecule has 2 rings (SSSR count). The van der Waals surface area contributed by atoms with Gasteiger partial charge in [0, 0.05) is 5.56 Å².